The van der Waals surface area contributed by atoms with Crippen molar-refractivity contribution in [1.82, 2.24) is 24.6 Å². The van der Waals surface area contributed by atoms with Gasteiger partial charge in [-0.15, -0.1) is 6.42 Å². The fraction of sp³-hybridized carbons (Fsp3) is 0.261. The summed E-state index contributed by atoms with van der Waals surface area (Å²) in [5, 5.41) is 15.0. The van der Waals surface area contributed by atoms with Crippen LogP contribution in [0.2, 0.25) is 0 Å². The van der Waals surface area contributed by atoms with E-state index in [4.69, 9.17) is 6.42 Å². The molecule has 0 bridgehead atoms. The SMILES string of the molecule is C#Cc1ccc(-c2cnn(-c3ccc(C(=O)N4CCN(C)CC4)cn3)c2O)c(C)c1. The molecule has 0 aliphatic carbocycles. The number of likely N-dealkylation sites (N-methyl/N-ethyl adjacent to an activating group) is 1. The van der Waals surface area contributed by atoms with Gasteiger partial charge in [0.05, 0.1) is 17.3 Å². The molecule has 3 aromatic rings. The van der Waals surface area contributed by atoms with Crippen LogP contribution in [0.4, 0.5) is 0 Å². The number of rotatable bonds is 3. The Morgan fingerprint density at radius 3 is 2.50 bits per heavy atom. The Hall–Kier alpha value is -3.63. The number of aromatic nitrogens is 3. The van der Waals surface area contributed by atoms with Crippen LogP contribution in [0.15, 0.2) is 42.7 Å². The number of aryl methyl sites for hydroxylation is 1. The largest absolute Gasteiger partial charge is 0.493 e. The summed E-state index contributed by atoms with van der Waals surface area (Å²) >= 11 is 0. The molecule has 1 amide bonds. The van der Waals surface area contributed by atoms with Crippen molar-refractivity contribution in [2.24, 2.45) is 0 Å². The molecule has 2 aromatic heterocycles. The maximum Gasteiger partial charge on any atom is 0.255 e. The lowest BCUT2D eigenvalue weighted by atomic mass is 10.0. The molecule has 0 atom stereocenters. The molecule has 7 heteroatoms. The van der Waals surface area contributed by atoms with Crippen LogP contribution in [0.3, 0.4) is 0 Å². The highest BCUT2D eigenvalue weighted by atomic mass is 16.3. The van der Waals surface area contributed by atoms with E-state index in [1.807, 2.05) is 37.1 Å². The highest BCUT2D eigenvalue weighted by Crippen LogP contribution is 2.33. The van der Waals surface area contributed by atoms with Crippen LogP contribution in [-0.4, -0.2) is 68.8 Å². The lowest BCUT2D eigenvalue weighted by molar-refractivity contribution is 0.0663. The molecule has 0 saturated carbocycles. The molecule has 1 N–H and O–H groups in total. The maximum atomic E-state index is 12.7. The molecule has 152 valence electrons. The predicted molar refractivity (Wildman–Crippen MR) is 115 cm³/mol. The molecular weight excluding hydrogens is 378 g/mol. The van der Waals surface area contributed by atoms with Crippen molar-refractivity contribution in [2.75, 3.05) is 33.2 Å². The van der Waals surface area contributed by atoms with E-state index in [2.05, 4.69) is 20.9 Å². The summed E-state index contributed by atoms with van der Waals surface area (Å²) in [7, 11) is 2.05. The van der Waals surface area contributed by atoms with E-state index in [1.165, 1.54) is 10.9 Å². The van der Waals surface area contributed by atoms with Gasteiger partial charge >= 0.3 is 0 Å². The number of pyridine rings is 1. The van der Waals surface area contributed by atoms with Gasteiger partial charge in [0.1, 0.15) is 0 Å². The standard InChI is InChI=1S/C23H23N5O2/c1-4-17-5-7-19(16(2)13-17)20-15-25-28(23(20)30)21-8-6-18(14-24-21)22(29)27-11-9-26(3)10-12-27/h1,5-8,13-15,30H,9-12H2,2-3H3. The molecule has 0 unspecified atom stereocenters. The zero-order chi connectivity index (χ0) is 21.3. The highest BCUT2D eigenvalue weighted by molar-refractivity contribution is 5.94. The Balaban J connectivity index is 1.57. The summed E-state index contributed by atoms with van der Waals surface area (Å²) in [4.78, 5) is 21.1. The molecule has 3 heterocycles. The third kappa shape index (κ3) is 3.65. The zero-order valence-electron chi connectivity index (χ0n) is 17.0. The van der Waals surface area contributed by atoms with Crippen molar-refractivity contribution >= 4 is 5.91 Å². The monoisotopic (exact) mass is 401 g/mol. The molecule has 0 spiro atoms. The molecule has 1 saturated heterocycles. The molecule has 1 aliphatic rings. The number of carbonyl (C=O) groups excluding carboxylic acids is 1. The van der Waals surface area contributed by atoms with E-state index in [0.29, 0.717) is 30.0 Å². The lowest BCUT2D eigenvalue weighted by Gasteiger charge is -2.32. The Morgan fingerprint density at radius 1 is 1.10 bits per heavy atom. The first kappa shape index (κ1) is 19.7. The van der Waals surface area contributed by atoms with Crippen molar-refractivity contribution in [3.8, 4) is 35.2 Å². The number of aromatic hydroxyl groups is 1. The number of terminal acetylenes is 1. The van der Waals surface area contributed by atoms with E-state index >= 15 is 0 Å². The fourth-order valence-electron chi connectivity index (χ4n) is 3.59. The summed E-state index contributed by atoms with van der Waals surface area (Å²) in [5.74, 6) is 3.00. The van der Waals surface area contributed by atoms with Gasteiger partial charge in [-0.3, -0.25) is 4.79 Å². The van der Waals surface area contributed by atoms with E-state index in [0.717, 1.165) is 29.8 Å². The summed E-state index contributed by atoms with van der Waals surface area (Å²) in [6.07, 6.45) is 8.58. The minimum atomic E-state index is -0.0308. The molecule has 0 radical (unpaired) electrons. The van der Waals surface area contributed by atoms with Gasteiger partial charge in [0.25, 0.3) is 5.91 Å². The van der Waals surface area contributed by atoms with Crippen LogP contribution in [-0.2, 0) is 0 Å². The zero-order valence-corrected chi connectivity index (χ0v) is 17.0. The summed E-state index contributed by atoms with van der Waals surface area (Å²) in [6.45, 7) is 5.08. The van der Waals surface area contributed by atoms with Crippen molar-refractivity contribution in [2.45, 2.75) is 6.92 Å². The van der Waals surface area contributed by atoms with Gasteiger partial charge in [-0.25, -0.2) is 4.98 Å². The second kappa shape index (κ2) is 8.01. The third-order valence-electron chi connectivity index (χ3n) is 5.43. The first-order valence-electron chi connectivity index (χ1n) is 9.77. The lowest BCUT2D eigenvalue weighted by Crippen LogP contribution is -2.47. The van der Waals surface area contributed by atoms with Crippen LogP contribution in [0.5, 0.6) is 5.88 Å². The quantitative estimate of drug-likeness (QED) is 0.682. The first-order valence-corrected chi connectivity index (χ1v) is 9.77. The molecule has 30 heavy (non-hydrogen) atoms. The van der Waals surface area contributed by atoms with Crippen molar-refractivity contribution in [3.63, 3.8) is 0 Å². The van der Waals surface area contributed by atoms with Crippen molar-refractivity contribution in [3.05, 3.63) is 59.4 Å². The molecule has 1 aliphatic heterocycles. The summed E-state index contributed by atoms with van der Waals surface area (Å²) < 4.78 is 1.36. The van der Waals surface area contributed by atoms with Crippen LogP contribution in [0.25, 0.3) is 16.9 Å². The van der Waals surface area contributed by atoms with Crippen LogP contribution in [0.1, 0.15) is 21.5 Å². The molecule has 7 nitrogen and oxygen atoms in total. The molecule has 4 rings (SSSR count). The predicted octanol–water partition coefficient (Wildman–Crippen LogP) is 2.32. The Morgan fingerprint density at radius 2 is 1.87 bits per heavy atom. The number of nitrogens with zero attached hydrogens (tertiary/aromatic N) is 5. The number of carbonyl (C=O) groups is 1. The van der Waals surface area contributed by atoms with Crippen LogP contribution in [0, 0.1) is 19.3 Å². The van der Waals surface area contributed by atoms with E-state index in [-0.39, 0.29) is 11.8 Å². The van der Waals surface area contributed by atoms with E-state index in [9.17, 15) is 9.90 Å². The van der Waals surface area contributed by atoms with Gasteiger partial charge in [-0.2, -0.15) is 9.78 Å². The van der Waals surface area contributed by atoms with Crippen molar-refractivity contribution in [1.29, 1.82) is 0 Å². The minimum absolute atomic E-state index is 0.0165. The van der Waals surface area contributed by atoms with Gasteiger partial charge in [0.2, 0.25) is 5.88 Å². The Bertz CT molecular complexity index is 1120. The van der Waals surface area contributed by atoms with Gasteiger partial charge in [0.15, 0.2) is 5.82 Å². The second-order valence-electron chi connectivity index (χ2n) is 7.47. The van der Waals surface area contributed by atoms with Gasteiger partial charge in [0, 0.05) is 37.9 Å². The van der Waals surface area contributed by atoms with Gasteiger partial charge in [-0.1, -0.05) is 12.0 Å². The summed E-state index contributed by atoms with van der Waals surface area (Å²) in [6, 6.07) is 9.00. The minimum Gasteiger partial charge on any atom is -0.493 e. The average Bonchev–Trinajstić information content (AvgIpc) is 3.15. The molecular formula is C23H23N5O2. The average molecular weight is 401 g/mol. The van der Waals surface area contributed by atoms with E-state index in [1.54, 1.807) is 18.3 Å². The van der Waals surface area contributed by atoms with Gasteiger partial charge < -0.3 is 14.9 Å². The second-order valence-corrected chi connectivity index (χ2v) is 7.47. The third-order valence-corrected chi connectivity index (χ3v) is 5.43. The molecule has 1 aromatic carbocycles. The Labute approximate surface area is 175 Å². The number of hydrogen-bond donors (Lipinski definition) is 1. The maximum absolute atomic E-state index is 12.7. The number of hydrogen-bond acceptors (Lipinski definition) is 5. The van der Waals surface area contributed by atoms with Gasteiger partial charge in [-0.05, 0) is 49.4 Å². The first-order chi connectivity index (χ1) is 14.5. The van der Waals surface area contributed by atoms with E-state index < -0.39 is 0 Å². The number of piperazine rings is 1. The number of amides is 1. The fourth-order valence-corrected chi connectivity index (χ4v) is 3.59. The summed E-state index contributed by atoms with van der Waals surface area (Å²) in [5.41, 5.74) is 3.69. The topological polar surface area (TPSA) is 74.5 Å². The molecule has 1 fully saturated rings. The highest BCUT2D eigenvalue weighted by Gasteiger charge is 2.21. The van der Waals surface area contributed by atoms with Crippen molar-refractivity contribution < 1.29 is 9.90 Å². The van der Waals surface area contributed by atoms with Crippen LogP contribution < -0.4 is 0 Å². The smallest absolute Gasteiger partial charge is 0.255 e. The Kier molecular flexibility index (Phi) is 5.25. The number of benzene rings is 1. The van der Waals surface area contributed by atoms with Crippen LogP contribution >= 0.6 is 0 Å². The normalized spacial score (nSPS) is 14.5.